The van der Waals surface area contributed by atoms with Gasteiger partial charge in [0.25, 0.3) is 0 Å². The predicted molar refractivity (Wildman–Crippen MR) is 223 cm³/mol. The highest BCUT2D eigenvalue weighted by Gasteiger charge is 2.47. The Morgan fingerprint density at radius 2 is 1.19 bits per heavy atom. The van der Waals surface area contributed by atoms with Crippen molar-refractivity contribution in [3.8, 4) is 44.9 Å². The molecule has 2 unspecified atom stereocenters. The van der Waals surface area contributed by atoms with E-state index < -0.39 is 0 Å². The van der Waals surface area contributed by atoms with E-state index >= 15 is 0 Å². The second kappa shape index (κ2) is 12.8. The van der Waals surface area contributed by atoms with Crippen LogP contribution in [0.3, 0.4) is 0 Å². The van der Waals surface area contributed by atoms with Gasteiger partial charge in [0.2, 0.25) is 0 Å². The van der Waals surface area contributed by atoms with Crippen molar-refractivity contribution in [2.75, 3.05) is 0 Å². The third-order valence-electron chi connectivity index (χ3n) is 12.3. The average Bonchev–Trinajstić information content (AvgIpc) is 3.71. The van der Waals surface area contributed by atoms with Crippen LogP contribution in [0.4, 0.5) is 0 Å². The van der Waals surface area contributed by atoms with Crippen molar-refractivity contribution in [1.82, 2.24) is 9.97 Å². The van der Waals surface area contributed by atoms with E-state index in [1.54, 1.807) is 0 Å². The summed E-state index contributed by atoms with van der Waals surface area (Å²) in [5.41, 5.74) is 16.3. The van der Waals surface area contributed by atoms with Crippen LogP contribution in [0.15, 0.2) is 156 Å². The van der Waals surface area contributed by atoms with Gasteiger partial charge in [0.05, 0.1) is 11.4 Å². The van der Waals surface area contributed by atoms with Crippen molar-refractivity contribution in [3.63, 3.8) is 0 Å². The number of rotatable bonds is 6. The third kappa shape index (κ3) is 5.33. The number of hydrogen-bond acceptors (Lipinski definition) is 3. The van der Waals surface area contributed by atoms with Crippen LogP contribution in [-0.4, -0.2) is 9.97 Å². The van der Waals surface area contributed by atoms with Gasteiger partial charge in [-0.1, -0.05) is 142 Å². The van der Waals surface area contributed by atoms with Gasteiger partial charge in [-0.3, -0.25) is 0 Å². The van der Waals surface area contributed by atoms with Gasteiger partial charge in [-0.2, -0.15) is 0 Å². The summed E-state index contributed by atoms with van der Waals surface area (Å²) in [7, 11) is 0. The molecular weight excluding hydrogens is 657 g/mol. The Morgan fingerprint density at radius 3 is 1.93 bits per heavy atom. The van der Waals surface area contributed by atoms with Crippen LogP contribution in [0, 0.1) is 5.92 Å². The third-order valence-corrected chi connectivity index (χ3v) is 12.3. The highest BCUT2D eigenvalue weighted by atomic mass is 16.3. The summed E-state index contributed by atoms with van der Waals surface area (Å²) >= 11 is 0. The van der Waals surface area contributed by atoms with Crippen molar-refractivity contribution in [3.05, 3.63) is 174 Å². The minimum Gasteiger partial charge on any atom is -0.456 e. The minimum atomic E-state index is 0.0994. The molecule has 0 spiro atoms. The Hall–Kier alpha value is -6.06. The number of aromatic nitrogens is 2. The number of allylic oxidation sites excluding steroid dienone is 2. The SMILES string of the molecule is CCc1c(C2=CCC3c4ccccc4C(C)(C)C3C2)nc(-c2ccc3c(c2)oc2cc(-c4cccc(-c5ccccc5)c4)ccc23)nc1-c1ccccc1. The van der Waals surface area contributed by atoms with Crippen LogP contribution >= 0.6 is 0 Å². The van der Waals surface area contributed by atoms with Crippen molar-refractivity contribution >= 4 is 27.5 Å². The molecule has 0 saturated carbocycles. The molecule has 2 aliphatic rings. The van der Waals surface area contributed by atoms with Crippen LogP contribution in [-0.2, 0) is 11.8 Å². The summed E-state index contributed by atoms with van der Waals surface area (Å²) in [5.74, 6) is 1.80. The normalized spacial score (nSPS) is 17.4. The first kappa shape index (κ1) is 32.6. The van der Waals surface area contributed by atoms with E-state index in [0.717, 1.165) is 80.7 Å². The maximum Gasteiger partial charge on any atom is 0.160 e. The number of nitrogens with zero attached hydrogens (tertiary/aromatic N) is 2. The van der Waals surface area contributed by atoms with Crippen LogP contribution in [0.1, 0.15) is 61.9 Å². The zero-order valence-corrected chi connectivity index (χ0v) is 31.0. The van der Waals surface area contributed by atoms with Crippen LogP contribution in [0.2, 0.25) is 0 Å². The summed E-state index contributed by atoms with van der Waals surface area (Å²) < 4.78 is 6.63. The lowest BCUT2D eigenvalue weighted by Crippen LogP contribution is -2.28. The topological polar surface area (TPSA) is 38.9 Å². The zero-order valence-electron chi connectivity index (χ0n) is 31.0. The lowest BCUT2D eigenvalue weighted by molar-refractivity contribution is 0.302. The van der Waals surface area contributed by atoms with E-state index in [0.29, 0.717) is 11.8 Å². The second-order valence-electron chi connectivity index (χ2n) is 15.6. The second-order valence-corrected chi connectivity index (χ2v) is 15.6. The fourth-order valence-electron chi connectivity index (χ4n) is 9.45. The van der Waals surface area contributed by atoms with Crippen LogP contribution in [0.25, 0.3) is 72.4 Å². The first-order valence-corrected chi connectivity index (χ1v) is 19.3. The predicted octanol–water partition coefficient (Wildman–Crippen LogP) is 13.5. The summed E-state index contributed by atoms with van der Waals surface area (Å²) in [6, 6.07) is 52.0. The molecule has 0 bridgehead atoms. The molecule has 0 N–H and O–H groups in total. The molecule has 8 aromatic rings. The largest absolute Gasteiger partial charge is 0.456 e. The molecule has 10 rings (SSSR count). The molecule has 3 heteroatoms. The molecule has 2 heterocycles. The maximum absolute atomic E-state index is 6.63. The highest BCUT2D eigenvalue weighted by Crippen LogP contribution is 2.57. The standard InChI is InChI=1S/C51H42N2O/c1-4-39-48(33-16-9-6-10-17-33)52-50(53-49(39)37-23-25-41-40-20-11-12-21-44(40)51(2,3)45(41)29-37)38-24-27-43-42-26-22-36(30-46(42)54-47(43)31-38)35-19-13-18-34(28-35)32-14-7-5-8-15-32/h5-24,26-28,30-31,41,45H,4,25,29H2,1-3H3. The number of hydrogen-bond donors (Lipinski definition) is 0. The summed E-state index contributed by atoms with van der Waals surface area (Å²) in [6.45, 7) is 7.12. The Bertz CT molecular complexity index is 2740. The first-order valence-electron chi connectivity index (χ1n) is 19.3. The molecular formula is C51H42N2O. The molecule has 262 valence electrons. The fourth-order valence-corrected chi connectivity index (χ4v) is 9.45. The number of furan rings is 1. The molecule has 0 fully saturated rings. The summed E-state index contributed by atoms with van der Waals surface area (Å²) in [4.78, 5) is 10.8. The van der Waals surface area contributed by atoms with E-state index in [-0.39, 0.29) is 5.41 Å². The van der Waals surface area contributed by atoms with Crippen LogP contribution in [0.5, 0.6) is 0 Å². The van der Waals surface area contributed by atoms with Gasteiger partial charge in [0.1, 0.15) is 11.2 Å². The molecule has 54 heavy (non-hydrogen) atoms. The van der Waals surface area contributed by atoms with Gasteiger partial charge in [-0.25, -0.2) is 9.97 Å². The van der Waals surface area contributed by atoms with Crippen molar-refractivity contribution in [1.29, 1.82) is 0 Å². The molecule has 3 nitrogen and oxygen atoms in total. The van der Waals surface area contributed by atoms with Gasteiger partial charge in [-0.05, 0) is 106 Å². The highest BCUT2D eigenvalue weighted by molar-refractivity contribution is 6.07. The van der Waals surface area contributed by atoms with Gasteiger partial charge >= 0.3 is 0 Å². The molecule has 6 aromatic carbocycles. The zero-order chi connectivity index (χ0) is 36.4. The number of benzene rings is 6. The molecule has 0 aliphatic heterocycles. The minimum absolute atomic E-state index is 0.0994. The van der Waals surface area contributed by atoms with Crippen molar-refractivity contribution in [2.24, 2.45) is 5.92 Å². The van der Waals surface area contributed by atoms with Crippen molar-refractivity contribution < 1.29 is 4.42 Å². The average molecular weight is 699 g/mol. The Labute approximate surface area is 317 Å². The maximum atomic E-state index is 6.63. The van der Waals surface area contributed by atoms with E-state index in [4.69, 9.17) is 14.4 Å². The fraction of sp³-hybridized carbons (Fsp3) is 0.176. The molecule has 0 saturated heterocycles. The van der Waals surface area contributed by atoms with Crippen LogP contribution < -0.4 is 0 Å². The lowest BCUT2D eigenvalue weighted by Gasteiger charge is -2.35. The van der Waals surface area contributed by atoms with E-state index in [9.17, 15) is 0 Å². The number of fused-ring (bicyclic) bond motifs is 6. The smallest absolute Gasteiger partial charge is 0.160 e. The van der Waals surface area contributed by atoms with E-state index in [1.807, 2.05) is 0 Å². The first-order chi connectivity index (χ1) is 26.5. The monoisotopic (exact) mass is 698 g/mol. The summed E-state index contributed by atoms with van der Waals surface area (Å²) in [5, 5.41) is 2.20. The van der Waals surface area contributed by atoms with E-state index in [1.165, 1.54) is 33.4 Å². The van der Waals surface area contributed by atoms with Gasteiger partial charge < -0.3 is 4.42 Å². The molecule has 2 atom stereocenters. The van der Waals surface area contributed by atoms with Gasteiger partial charge in [0.15, 0.2) is 5.82 Å². The molecule has 2 aromatic heterocycles. The van der Waals surface area contributed by atoms with Gasteiger partial charge in [0, 0.05) is 27.5 Å². The summed E-state index contributed by atoms with van der Waals surface area (Å²) in [6.07, 6.45) is 5.37. The van der Waals surface area contributed by atoms with Gasteiger partial charge in [-0.15, -0.1) is 0 Å². The molecule has 2 aliphatic carbocycles. The molecule has 0 amide bonds. The Balaban J connectivity index is 1.06. The lowest BCUT2D eigenvalue weighted by atomic mass is 9.69. The van der Waals surface area contributed by atoms with Crippen molar-refractivity contribution in [2.45, 2.75) is 51.4 Å². The Kier molecular flexibility index (Phi) is 7.73. The van der Waals surface area contributed by atoms with E-state index in [2.05, 4.69) is 172 Å². The Morgan fingerprint density at radius 1 is 0.593 bits per heavy atom. The molecule has 0 radical (unpaired) electrons. The quantitative estimate of drug-likeness (QED) is 0.173.